The average Bonchev–Trinajstić information content (AvgIpc) is 2.72. The van der Waals surface area contributed by atoms with Crippen molar-refractivity contribution in [3.05, 3.63) is 72.8 Å². The summed E-state index contributed by atoms with van der Waals surface area (Å²) in [6.45, 7) is 2.08. The lowest BCUT2D eigenvalue weighted by atomic mass is 10.1. The molecule has 1 heterocycles. The molecule has 0 saturated carbocycles. The maximum Gasteiger partial charge on any atom is 0.261 e. The van der Waals surface area contributed by atoms with Crippen LogP contribution < -0.4 is 21.3 Å². The standard InChI is InChI=1S/C21H25N5O2S/c1-2-3-7-17(22)15-26(23)18-8-5-9-19(13-18)29(27,28)25-21-10-4-6-16-14-24-12-11-20(16)21/h4-6,8-15,25H,2-3,7,22-23H2,1H3/b17-15-. The molecule has 0 aliphatic carbocycles. The molecule has 1 aromatic heterocycles. The number of hydrogen-bond acceptors (Lipinski definition) is 6. The molecule has 0 amide bonds. The smallest absolute Gasteiger partial charge is 0.261 e. The molecule has 0 aliphatic rings. The minimum atomic E-state index is -3.81. The number of anilines is 2. The Morgan fingerprint density at radius 2 is 2.00 bits per heavy atom. The number of pyridine rings is 1. The highest BCUT2D eigenvalue weighted by Crippen LogP contribution is 2.26. The van der Waals surface area contributed by atoms with Gasteiger partial charge in [-0.2, -0.15) is 0 Å². The molecule has 0 spiro atoms. The van der Waals surface area contributed by atoms with Gasteiger partial charge in [0.2, 0.25) is 0 Å². The van der Waals surface area contributed by atoms with Crippen LogP contribution in [0.25, 0.3) is 10.8 Å². The Balaban J connectivity index is 1.87. The van der Waals surface area contributed by atoms with E-state index in [0.29, 0.717) is 17.1 Å². The molecule has 5 N–H and O–H groups in total. The summed E-state index contributed by atoms with van der Waals surface area (Å²) in [5.41, 5.74) is 7.64. The van der Waals surface area contributed by atoms with Gasteiger partial charge in [0.15, 0.2) is 0 Å². The lowest BCUT2D eigenvalue weighted by Gasteiger charge is -2.17. The molecule has 0 unspecified atom stereocenters. The van der Waals surface area contributed by atoms with Gasteiger partial charge in [-0.05, 0) is 43.2 Å². The Morgan fingerprint density at radius 3 is 2.79 bits per heavy atom. The fraction of sp³-hybridized carbons (Fsp3) is 0.190. The van der Waals surface area contributed by atoms with Crippen LogP contribution in [0.4, 0.5) is 11.4 Å². The van der Waals surface area contributed by atoms with Gasteiger partial charge < -0.3 is 5.73 Å². The van der Waals surface area contributed by atoms with E-state index in [2.05, 4.69) is 16.6 Å². The number of unbranched alkanes of at least 4 members (excludes halogenated alkanes) is 1. The molecule has 0 aliphatic heterocycles. The number of aromatic nitrogens is 1. The number of fused-ring (bicyclic) bond motifs is 1. The predicted molar refractivity (Wildman–Crippen MR) is 117 cm³/mol. The maximum absolute atomic E-state index is 13.0. The van der Waals surface area contributed by atoms with Gasteiger partial charge in [0, 0.05) is 35.1 Å². The number of rotatable bonds is 8. The van der Waals surface area contributed by atoms with Gasteiger partial charge in [-0.25, -0.2) is 14.3 Å². The van der Waals surface area contributed by atoms with Gasteiger partial charge in [0.05, 0.1) is 16.3 Å². The summed E-state index contributed by atoms with van der Waals surface area (Å²) < 4.78 is 28.6. The topological polar surface area (TPSA) is 114 Å². The van der Waals surface area contributed by atoms with E-state index in [0.717, 1.165) is 30.0 Å². The average molecular weight is 412 g/mol. The summed E-state index contributed by atoms with van der Waals surface area (Å²) in [5, 5.41) is 2.96. The molecule has 2 aromatic carbocycles. The van der Waals surface area contributed by atoms with Crippen molar-refractivity contribution in [3.63, 3.8) is 0 Å². The molecule has 0 saturated heterocycles. The van der Waals surface area contributed by atoms with Gasteiger partial charge in [-0.15, -0.1) is 0 Å². The molecule has 0 bridgehead atoms. The van der Waals surface area contributed by atoms with Crippen LogP contribution in [0, 0.1) is 0 Å². The Morgan fingerprint density at radius 1 is 1.21 bits per heavy atom. The predicted octanol–water partition coefficient (Wildman–Crippen LogP) is 3.71. The second kappa shape index (κ2) is 8.93. The molecule has 0 fully saturated rings. The van der Waals surface area contributed by atoms with Crippen molar-refractivity contribution in [2.75, 3.05) is 9.73 Å². The first kappa shape index (κ1) is 20.6. The number of nitrogens with one attached hydrogen (secondary N) is 1. The molecule has 29 heavy (non-hydrogen) atoms. The first-order valence-corrected chi connectivity index (χ1v) is 10.8. The first-order chi connectivity index (χ1) is 13.9. The summed E-state index contributed by atoms with van der Waals surface area (Å²) >= 11 is 0. The molecule has 7 nitrogen and oxygen atoms in total. The zero-order chi connectivity index (χ0) is 20.9. The maximum atomic E-state index is 13.0. The number of nitrogens with two attached hydrogens (primary N) is 2. The summed E-state index contributed by atoms with van der Waals surface area (Å²) in [5.74, 6) is 6.06. The fourth-order valence-corrected chi connectivity index (χ4v) is 4.04. The van der Waals surface area contributed by atoms with E-state index in [1.165, 1.54) is 17.1 Å². The zero-order valence-electron chi connectivity index (χ0n) is 16.2. The quantitative estimate of drug-likeness (QED) is 0.385. The van der Waals surface area contributed by atoms with E-state index >= 15 is 0 Å². The van der Waals surface area contributed by atoms with Crippen LogP contribution >= 0.6 is 0 Å². The van der Waals surface area contributed by atoms with Gasteiger partial charge >= 0.3 is 0 Å². The molecule has 0 atom stereocenters. The van der Waals surface area contributed by atoms with Crippen LogP contribution in [0.3, 0.4) is 0 Å². The third-order valence-corrected chi connectivity index (χ3v) is 5.84. The SMILES string of the molecule is CCCC/C(N)=C/N(N)c1cccc(S(=O)(=O)Nc2cccc3cnccc23)c1. The number of sulfonamides is 1. The second-order valence-corrected chi connectivity index (χ2v) is 8.40. The van der Waals surface area contributed by atoms with E-state index in [-0.39, 0.29) is 4.90 Å². The number of hydrogen-bond donors (Lipinski definition) is 3. The Labute approximate surface area is 171 Å². The summed E-state index contributed by atoms with van der Waals surface area (Å²) in [7, 11) is -3.81. The largest absolute Gasteiger partial charge is 0.401 e. The van der Waals surface area contributed by atoms with Crippen LogP contribution in [0.15, 0.2) is 77.7 Å². The Hall–Kier alpha value is -3.10. The van der Waals surface area contributed by atoms with Crippen LogP contribution in [-0.4, -0.2) is 13.4 Å². The minimum Gasteiger partial charge on any atom is -0.401 e. The van der Waals surface area contributed by atoms with Gasteiger partial charge in [-0.3, -0.25) is 14.7 Å². The number of nitrogens with zero attached hydrogens (tertiary/aromatic N) is 2. The van der Waals surface area contributed by atoms with Crippen molar-refractivity contribution in [2.45, 2.75) is 31.1 Å². The highest BCUT2D eigenvalue weighted by molar-refractivity contribution is 7.92. The molecule has 3 aromatic rings. The van der Waals surface area contributed by atoms with Crippen LogP contribution in [0.2, 0.25) is 0 Å². The normalized spacial score (nSPS) is 12.1. The lowest BCUT2D eigenvalue weighted by Crippen LogP contribution is -2.26. The Bertz CT molecular complexity index is 1120. The lowest BCUT2D eigenvalue weighted by molar-refractivity contribution is 0.601. The van der Waals surface area contributed by atoms with Crippen molar-refractivity contribution >= 4 is 32.2 Å². The molecule has 8 heteroatoms. The molecule has 152 valence electrons. The van der Waals surface area contributed by atoms with Crippen LogP contribution in [0.5, 0.6) is 0 Å². The number of hydrazine groups is 1. The Kier molecular flexibility index (Phi) is 6.36. The molecule has 0 radical (unpaired) electrons. The minimum absolute atomic E-state index is 0.108. The van der Waals surface area contributed by atoms with E-state index in [1.54, 1.807) is 48.9 Å². The monoisotopic (exact) mass is 411 g/mol. The van der Waals surface area contributed by atoms with Crippen molar-refractivity contribution < 1.29 is 8.42 Å². The van der Waals surface area contributed by atoms with E-state index in [1.807, 2.05) is 6.07 Å². The van der Waals surface area contributed by atoms with Crippen molar-refractivity contribution in [1.82, 2.24) is 4.98 Å². The van der Waals surface area contributed by atoms with Crippen molar-refractivity contribution in [1.29, 1.82) is 0 Å². The molecule has 3 rings (SSSR count). The fourth-order valence-electron chi connectivity index (χ4n) is 2.93. The zero-order valence-corrected chi connectivity index (χ0v) is 17.1. The highest BCUT2D eigenvalue weighted by Gasteiger charge is 2.17. The van der Waals surface area contributed by atoms with Crippen LogP contribution in [-0.2, 0) is 10.0 Å². The highest BCUT2D eigenvalue weighted by atomic mass is 32.2. The van der Waals surface area contributed by atoms with Gasteiger partial charge in [-0.1, -0.05) is 31.5 Å². The third kappa shape index (κ3) is 5.04. The van der Waals surface area contributed by atoms with Crippen LogP contribution in [0.1, 0.15) is 26.2 Å². The van der Waals surface area contributed by atoms with Gasteiger partial charge in [0.1, 0.15) is 0 Å². The molecular formula is C21H25N5O2S. The van der Waals surface area contributed by atoms with Gasteiger partial charge in [0.25, 0.3) is 10.0 Å². The summed E-state index contributed by atoms with van der Waals surface area (Å²) in [4.78, 5) is 4.18. The van der Waals surface area contributed by atoms with E-state index in [4.69, 9.17) is 11.6 Å². The summed E-state index contributed by atoms with van der Waals surface area (Å²) in [6, 6.07) is 13.6. The molecular weight excluding hydrogens is 386 g/mol. The van der Waals surface area contributed by atoms with Crippen molar-refractivity contribution in [3.8, 4) is 0 Å². The van der Waals surface area contributed by atoms with E-state index in [9.17, 15) is 8.42 Å². The first-order valence-electron chi connectivity index (χ1n) is 9.36. The second-order valence-electron chi connectivity index (χ2n) is 6.72. The number of allylic oxidation sites excluding steroid dienone is 1. The summed E-state index contributed by atoms with van der Waals surface area (Å²) in [6.07, 6.45) is 7.67. The van der Waals surface area contributed by atoms with Crippen molar-refractivity contribution in [2.24, 2.45) is 11.6 Å². The van der Waals surface area contributed by atoms with E-state index < -0.39 is 10.0 Å². The third-order valence-electron chi connectivity index (χ3n) is 4.48. The number of benzene rings is 2.